The third-order valence-electron chi connectivity index (χ3n) is 2.84. The first-order valence-corrected chi connectivity index (χ1v) is 6.01. The molecule has 1 rings (SSSR count). The molecule has 0 radical (unpaired) electrons. The van der Waals surface area contributed by atoms with Gasteiger partial charge in [-0.1, -0.05) is 13.8 Å². The van der Waals surface area contributed by atoms with Crippen LogP contribution in [-0.4, -0.2) is 37.9 Å². The first-order chi connectivity index (χ1) is 7.54. The van der Waals surface area contributed by atoms with Crippen molar-refractivity contribution in [3.8, 4) is 0 Å². The number of ether oxygens (including phenoxy) is 2. The molecular weight excluding hydrogens is 206 g/mol. The van der Waals surface area contributed by atoms with Gasteiger partial charge in [0.1, 0.15) is 6.04 Å². The fourth-order valence-electron chi connectivity index (χ4n) is 1.93. The number of nitrogens with one attached hydrogen (secondary N) is 1. The molecule has 0 aromatic carbocycles. The van der Waals surface area contributed by atoms with Crippen LogP contribution in [0.4, 0.5) is 0 Å². The number of methoxy groups -OCH3 is 1. The molecule has 0 spiro atoms. The number of hydrogen-bond acceptors (Lipinski definition) is 4. The van der Waals surface area contributed by atoms with Gasteiger partial charge in [-0.05, 0) is 32.2 Å². The molecule has 0 aromatic rings. The summed E-state index contributed by atoms with van der Waals surface area (Å²) in [6, 6.07) is -0.322. The molecule has 4 heteroatoms. The normalized spacial score (nSPS) is 27.1. The molecule has 3 unspecified atom stereocenters. The molecule has 94 valence electrons. The zero-order valence-corrected chi connectivity index (χ0v) is 10.7. The van der Waals surface area contributed by atoms with Crippen LogP contribution in [0.25, 0.3) is 0 Å². The average molecular weight is 229 g/mol. The van der Waals surface area contributed by atoms with E-state index in [9.17, 15) is 4.79 Å². The van der Waals surface area contributed by atoms with Gasteiger partial charge in [0.2, 0.25) is 0 Å². The molecule has 3 atom stereocenters. The molecule has 0 aromatic heterocycles. The standard InChI is InChI=1S/C12H23NO3/c1-8(2)7-13-11(12(14)15-4)10-6-5-9(3)16-10/h8-11,13H,5-7H2,1-4H3. The molecule has 0 saturated carbocycles. The number of esters is 1. The number of carbonyl (C=O) groups is 1. The lowest BCUT2D eigenvalue weighted by Gasteiger charge is -2.23. The van der Waals surface area contributed by atoms with Gasteiger partial charge < -0.3 is 14.8 Å². The Morgan fingerprint density at radius 1 is 1.50 bits per heavy atom. The Kier molecular flexibility index (Phi) is 5.22. The van der Waals surface area contributed by atoms with E-state index in [1.807, 2.05) is 6.92 Å². The van der Waals surface area contributed by atoms with Gasteiger partial charge in [0.05, 0.1) is 19.3 Å². The number of carbonyl (C=O) groups excluding carboxylic acids is 1. The monoisotopic (exact) mass is 229 g/mol. The maximum Gasteiger partial charge on any atom is 0.325 e. The quantitative estimate of drug-likeness (QED) is 0.723. The second-order valence-electron chi connectivity index (χ2n) is 4.87. The molecule has 4 nitrogen and oxygen atoms in total. The van der Waals surface area contributed by atoms with Crippen molar-refractivity contribution in [2.75, 3.05) is 13.7 Å². The molecule has 1 N–H and O–H groups in total. The Balaban J connectivity index is 2.53. The van der Waals surface area contributed by atoms with Crippen molar-refractivity contribution in [3.63, 3.8) is 0 Å². The Morgan fingerprint density at radius 2 is 2.19 bits per heavy atom. The van der Waals surface area contributed by atoms with Gasteiger partial charge in [-0.2, -0.15) is 0 Å². The minimum absolute atomic E-state index is 0.0406. The smallest absolute Gasteiger partial charge is 0.325 e. The summed E-state index contributed by atoms with van der Waals surface area (Å²) in [4.78, 5) is 11.7. The molecule has 1 heterocycles. The van der Waals surface area contributed by atoms with Gasteiger partial charge in [0.15, 0.2) is 0 Å². The minimum atomic E-state index is -0.322. The Bertz CT molecular complexity index is 230. The van der Waals surface area contributed by atoms with Gasteiger partial charge in [-0.15, -0.1) is 0 Å². The lowest BCUT2D eigenvalue weighted by atomic mass is 10.1. The van der Waals surface area contributed by atoms with Crippen molar-refractivity contribution >= 4 is 5.97 Å². The molecule has 1 aliphatic heterocycles. The first-order valence-electron chi connectivity index (χ1n) is 6.01. The van der Waals surface area contributed by atoms with E-state index in [0.29, 0.717) is 5.92 Å². The Labute approximate surface area is 97.7 Å². The van der Waals surface area contributed by atoms with Crippen LogP contribution in [0.1, 0.15) is 33.6 Å². The highest BCUT2D eigenvalue weighted by Gasteiger charge is 2.34. The van der Waals surface area contributed by atoms with E-state index in [4.69, 9.17) is 9.47 Å². The summed E-state index contributed by atoms with van der Waals surface area (Å²) in [6.07, 6.45) is 2.15. The van der Waals surface area contributed by atoms with Crippen molar-refractivity contribution in [2.45, 2.75) is 51.9 Å². The van der Waals surface area contributed by atoms with Crippen molar-refractivity contribution in [1.82, 2.24) is 5.32 Å². The van der Waals surface area contributed by atoms with Gasteiger partial charge in [0.25, 0.3) is 0 Å². The zero-order valence-electron chi connectivity index (χ0n) is 10.7. The molecule has 1 saturated heterocycles. The number of hydrogen-bond donors (Lipinski definition) is 1. The zero-order chi connectivity index (χ0) is 12.1. The van der Waals surface area contributed by atoms with Gasteiger partial charge >= 0.3 is 5.97 Å². The van der Waals surface area contributed by atoms with E-state index in [2.05, 4.69) is 19.2 Å². The molecule has 0 aliphatic carbocycles. The van der Waals surface area contributed by atoms with Crippen LogP contribution in [0.15, 0.2) is 0 Å². The second-order valence-corrected chi connectivity index (χ2v) is 4.87. The first kappa shape index (κ1) is 13.5. The summed E-state index contributed by atoms with van der Waals surface area (Å²) < 4.78 is 10.5. The maximum atomic E-state index is 11.7. The van der Waals surface area contributed by atoms with Crippen LogP contribution in [0.3, 0.4) is 0 Å². The van der Waals surface area contributed by atoms with E-state index >= 15 is 0 Å². The summed E-state index contributed by atoms with van der Waals surface area (Å²) in [6.45, 7) is 7.06. The van der Waals surface area contributed by atoms with E-state index in [0.717, 1.165) is 19.4 Å². The molecule has 16 heavy (non-hydrogen) atoms. The van der Waals surface area contributed by atoms with E-state index in [1.54, 1.807) is 0 Å². The largest absolute Gasteiger partial charge is 0.468 e. The molecule has 0 amide bonds. The topological polar surface area (TPSA) is 47.6 Å². The number of rotatable bonds is 5. The maximum absolute atomic E-state index is 11.7. The van der Waals surface area contributed by atoms with E-state index in [1.165, 1.54) is 7.11 Å². The fourth-order valence-corrected chi connectivity index (χ4v) is 1.93. The van der Waals surface area contributed by atoms with E-state index in [-0.39, 0.29) is 24.2 Å². The minimum Gasteiger partial charge on any atom is -0.468 e. The summed E-state index contributed by atoms with van der Waals surface area (Å²) in [5, 5.41) is 3.23. The van der Waals surface area contributed by atoms with Crippen LogP contribution in [0, 0.1) is 5.92 Å². The van der Waals surface area contributed by atoms with Gasteiger partial charge in [-0.3, -0.25) is 4.79 Å². The average Bonchev–Trinajstić information content (AvgIpc) is 2.64. The van der Waals surface area contributed by atoms with Gasteiger partial charge in [0, 0.05) is 0 Å². The highest BCUT2D eigenvalue weighted by atomic mass is 16.5. The SMILES string of the molecule is COC(=O)C(NCC(C)C)C1CCC(C)O1. The van der Waals surface area contributed by atoms with Crippen LogP contribution in [-0.2, 0) is 14.3 Å². The molecule has 1 fully saturated rings. The predicted octanol–water partition coefficient (Wildman–Crippen LogP) is 1.34. The Hall–Kier alpha value is -0.610. The lowest BCUT2D eigenvalue weighted by molar-refractivity contribution is -0.147. The molecule has 1 aliphatic rings. The summed E-state index contributed by atoms with van der Waals surface area (Å²) in [7, 11) is 1.42. The Morgan fingerprint density at radius 3 is 2.62 bits per heavy atom. The van der Waals surface area contributed by atoms with Gasteiger partial charge in [-0.25, -0.2) is 0 Å². The van der Waals surface area contributed by atoms with Crippen LogP contribution < -0.4 is 5.32 Å². The highest BCUT2D eigenvalue weighted by Crippen LogP contribution is 2.22. The fraction of sp³-hybridized carbons (Fsp3) is 0.917. The van der Waals surface area contributed by atoms with Crippen molar-refractivity contribution in [1.29, 1.82) is 0 Å². The predicted molar refractivity (Wildman–Crippen MR) is 62.2 cm³/mol. The van der Waals surface area contributed by atoms with Crippen LogP contribution in [0.2, 0.25) is 0 Å². The summed E-state index contributed by atoms with van der Waals surface area (Å²) >= 11 is 0. The van der Waals surface area contributed by atoms with Crippen LogP contribution in [0.5, 0.6) is 0 Å². The lowest BCUT2D eigenvalue weighted by Crippen LogP contribution is -2.47. The van der Waals surface area contributed by atoms with Crippen molar-refractivity contribution in [3.05, 3.63) is 0 Å². The second kappa shape index (κ2) is 6.21. The van der Waals surface area contributed by atoms with Crippen molar-refractivity contribution < 1.29 is 14.3 Å². The molecular formula is C12H23NO3. The third-order valence-corrected chi connectivity index (χ3v) is 2.84. The summed E-state index contributed by atoms with van der Waals surface area (Å²) in [5.74, 6) is 0.283. The summed E-state index contributed by atoms with van der Waals surface area (Å²) in [5.41, 5.74) is 0. The van der Waals surface area contributed by atoms with E-state index < -0.39 is 0 Å². The van der Waals surface area contributed by atoms with Crippen molar-refractivity contribution in [2.24, 2.45) is 5.92 Å². The highest BCUT2D eigenvalue weighted by molar-refractivity contribution is 5.76. The molecule has 0 bridgehead atoms. The third kappa shape index (κ3) is 3.76. The van der Waals surface area contributed by atoms with Crippen LogP contribution >= 0.6 is 0 Å².